The van der Waals surface area contributed by atoms with Crippen molar-refractivity contribution in [3.8, 4) is 11.5 Å². The van der Waals surface area contributed by atoms with Crippen LogP contribution in [0, 0.1) is 0 Å². The molecule has 0 saturated carbocycles. The summed E-state index contributed by atoms with van der Waals surface area (Å²) in [6.45, 7) is 0.901. The molecule has 1 aliphatic heterocycles. The normalized spacial score (nSPS) is 20.3. The van der Waals surface area contributed by atoms with E-state index in [1.54, 1.807) is 30.0 Å². The number of hydrogen-bond acceptors (Lipinski definition) is 5. The van der Waals surface area contributed by atoms with Crippen LogP contribution in [0.4, 0.5) is 13.2 Å². The van der Waals surface area contributed by atoms with Crippen molar-refractivity contribution >= 4 is 22.6 Å². The number of benzene rings is 2. The monoisotopic (exact) mass is 572 g/mol. The van der Waals surface area contributed by atoms with Crippen molar-refractivity contribution in [3.63, 3.8) is 0 Å². The molecule has 2 aromatic rings. The van der Waals surface area contributed by atoms with Gasteiger partial charge in [0, 0.05) is 38.4 Å². The number of halogens is 3. The number of thioether (sulfide) groups is 1. The van der Waals surface area contributed by atoms with Gasteiger partial charge in [0.15, 0.2) is 0 Å². The number of unbranched alkanes of at least 4 members (excludes halogenated alkanes) is 6. The van der Waals surface area contributed by atoms with E-state index < -0.39 is 23.6 Å². The summed E-state index contributed by atoms with van der Waals surface area (Å²) in [4.78, 5) is 1.15. The van der Waals surface area contributed by atoms with Gasteiger partial charge in [-0.3, -0.25) is 4.21 Å². The SMILES string of the molecule is CC1(c2ccc(O)cc2)CSc2cc(O)ccc2C1CCCCCCCCCS(=O)CCOCC(F)(F)F. The summed E-state index contributed by atoms with van der Waals surface area (Å²) in [6, 6.07) is 13.3. The lowest BCUT2D eigenvalue weighted by molar-refractivity contribution is -0.172. The molecule has 212 valence electrons. The molecule has 0 radical (unpaired) electrons. The quantitative estimate of drug-likeness (QED) is 0.214. The van der Waals surface area contributed by atoms with E-state index in [2.05, 4.69) is 17.7 Å². The molecule has 3 unspecified atom stereocenters. The minimum Gasteiger partial charge on any atom is -0.508 e. The first kappa shape index (κ1) is 30.8. The van der Waals surface area contributed by atoms with Crippen molar-refractivity contribution in [3.05, 3.63) is 53.6 Å². The molecule has 0 saturated heterocycles. The van der Waals surface area contributed by atoms with Crippen LogP contribution in [0.5, 0.6) is 11.5 Å². The predicted molar refractivity (Wildman–Crippen MR) is 149 cm³/mol. The number of ether oxygens (including phenoxy) is 1. The molecule has 9 heteroatoms. The van der Waals surface area contributed by atoms with Crippen molar-refractivity contribution in [2.24, 2.45) is 0 Å². The third-order valence-corrected chi connectivity index (χ3v) is 10.1. The molecule has 1 aliphatic rings. The van der Waals surface area contributed by atoms with Crippen LogP contribution < -0.4 is 0 Å². The third-order valence-electron chi connectivity index (χ3n) is 7.28. The molecule has 38 heavy (non-hydrogen) atoms. The summed E-state index contributed by atoms with van der Waals surface area (Å²) in [6.07, 6.45) is 4.05. The van der Waals surface area contributed by atoms with Crippen LogP contribution in [-0.4, -0.2) is 51.1 Å². The van der Waals surface area contributed by atoms with Gasteiger partial charge in [0.2, 0.25) is 0 Å². The number of phenols is 2. The summed E-state index contributed by atoms with van der Waals surface area (Å²) in [5, 5.41) is 19.8. The number of fused-ring (bicyclic) bond motifs is 1. The van der Waals surface area contributed by atoms with E-state index in [1.165, 1.54) is 11.1 Å². The zero-order valence-electron chi connectivity index (χ0n) is 22.0. The zero-order valence-corrected chi connectivity index (χ0v) is 23.6. The maximum absolute atomic E-state index is 12.0. The third kappa shape index (κ3) is 9.49. The van der Waals surface area contributed by atoms with Crippen molar-refractivity contribution in [2.45, 2.75) is 80.7 Å². The van der Waals surface area contributed by atoms with E-state index in [0.29, 0.717) is 17.4 Å². The predicted octanol–water partition coefficient (Wildman–Crippen LogP) is 7.69. The largest absolute Gasteiger partial charge is 0.508 e. The van der Waals surface area contributed by atoms with Crippen molar-refractivity contribution in [1.82, 2.24) is 0 Å². The molecule has 1 heterocycles. The van der Waals surface area contributed by atoms with Gasteiger partial charge >= 0.3 is 6.18 Å². The molecule has 0 amide bonds. The second-order valence-corrected chi connectivity index (χ2v) is 13.0. The number of aromatic hydroxyl groups is 2. The first-order valence-electron chi connectivity index (χ1n) is 13.3. The topological polar surface area (TPSA) is 66.8 Å². The fraction of sp³-hybridized carbons (Fsp3) is 0.586. The Bertz CT molecular complexity index is 1030. The van der Waals surface area contributed by atoms with Crippen LogP contribution in [0.15, 0.2) is 47.4 Å². The smallest absolute Gasteiger partial charge is 0.411 e. The zero-order chi connectivity index (χ0) is 27.6. The Hall–Kier alpha value is -1.71. The van der Waals surface area contributed by atoms with Gasteiger partial charge < -0.3 is 14.9 Å². The van der Waals surface area contributed by atoms with E-state index >= 15 is 0 Å². The Labute approximate surface area is 230 Å². The van der Waals surface area contributed by atoms with Crippen molar-refractivity contribution in [1.29, 1.82) is 0 Å². The van der Waals surface area contributed by atoms with Gasteiger partial charge in [-0.25, -0.2) is 0 Å². The van der Waals surface area contributed by atoms with Gasteiger partial charge in [0.25, 0.3) is 0 Å². The second-order valence-electron chi connectivity index (χ2n) is 10.3. The number of alkyl halides is 3. The Kier molecular flexibility index (Phi) is 11.9. The van der Waals surface area contributed by atoms with Crippen LogP contribution in [0.2, 0.25) is 0 Å². The molecule has 4 nitrogen and oxygen atoms in total. The van der Waals surface area contributed by atoms with E-state index in [4.69, 9.17) is 0 Å². The van der Waals surface area contributed by atoms with E-state index in [-0.39, 0.29) is 23.5 Å². The maximum Gasteiger partial charge on any atom is 0.411 e. The molecule has 0 aliphatic carbocycles. The fourth-order valence-corrected chi connectivity index (χ4v) is 7.58. The van der Waals surface area contributed by atoms with E-state index in [1.807, 2.05) is 18.2 Å². The highest BCUT2D eigenvalue weighted by Gasteiger charge is 2.41. The highest BCUT2D eigenvalue weighted by Crippen LogP contribution is 2.52. The highest BCUT2D eigenvalue weighted by atomic mass is 32.2. The van der Waals surface area contributed by atoms with E-state index in [9.17, 15) is 27.6 Å². The number of rotatable bonds is 15. The van der Waals surface area contributed by atoms with Gasteiger partial charge in [0.05, 0.1) is 6.61 Å². The average Bonchev–Trinajstić information content (AvgIpc) is 2.86. The van der Waals surface area contributed by atoms with Gasteiger partial charge in [-0.15, -0.1) is 11.8 Å². The van der Waals surface area contributed by atoms with Crippen LogP contribution >= 0.6 is 11.8 Å². The second kappa shape index (κ2) is 14.6. The van der Waals surface area contributed by atoms with Crippen LogP contribution in [-0.2, 0) is 21.0 Å². The Balaban J connectivity index is 1.39. The van der Waals surface area contributed by atoms with Gasteiger partial charge in [-0.2, -0.15) is 13.2 Å². The Morgan fingerprint density at radius 1 is 0.947 bits per heavy atom. The minimum absolute atomic E-state index is 0.0736. The summed E-state index contributed by atoms with van der Waals surface area (Å²) >= 11 is 1.78. The molecule has 0 spiro atoms. The van der Waals surface area contributed by atoms with Gasteiger partial charge in [0.1, 0.15) is 18.1 Å². The van der Waals surface area contributed by atoms with Crippen molar-refractivity contribution < 1.29 is 32.3 Å². The van der Waals surface area contributed by atoms with Crippen molar-refractivity contribution in [2.75, 3.05) is 30.5 Å². The molecule has 0 fully saturated rings. The Morgan fingerprint density at radius 2 is 1.58 bits per heavy atom. The van der Waals surface area contributed by atoms with Gasteiger partial charge in [-0.05, 0) is 54.2 Å². The van der Waals surface area contributed by atoms with Crippen LogP contribution in [0.3, 0.4) is 0 Å². The molecular weight excluding hydrogens is 533 g/mol. The lowest BCUT2D eigenvalue weighted by Crippen LogP contribution is -2.36. The first-order valence-corrected chi connectivity index (χ1v) is 15.8. The fourth-order valence-electron chi connectivity index (χ4n) is 5.15. The Morgan fingerprint density at radius 3 is 2.26 bits per heavy atom. The molecule has 2 aromatic carbocycles. The molecular formula is C29H39F3O4S2. The number of phenolic OH excluding ortho intramolecular Hbond substituents is 2. The maximum atomic E-state index is 12.0. The lowest BCUT2D eigenvalue weighted by Gasteiger charge is -2.43. The molecule has 3 atom stereocenters. The molecule has 0 aromatic heterocycles. The van der Waals surface area contributed by atoms with Crippen LogP contribution in [0.1, 0.15) is 75.3 Å². The van der Waals surface area contributed by atoms with E-state index in [0.717, 1.165) is 62.0 Å². The number of hydrogen-bond donors (Lipinski definition) is 2. The lowest BCUT2D eigenvalue weighted by atomic mass is 9.68. The summed E-state index contributed by atoms with van der Waals surface area (Å²) < 4.78 is 52.5. The summed E-state index contributed by atoms with van der Waals surface area (Å²) in [5.74, 6) is 2.46. The first-order chi connectivity index (χ1) is 18.1. The molecule has 2 N–H and O–H groups in total. The average molecular weight is 573 g/mol. The molecule has 3 rings (SSSR count). The van der Waals surface area contributed by atoms with Gasteiger partial charge in [-0.1, -0.05) is 63.6 Å². The standard InChI is InChI=1S/C29H39F3O4S2/c1-28(22-10-12-23(33)13-11-22)21-37-27-19-24(34)14-15-25(27)26(28)9-7-5-3-2-4-6-8-17-38(35)18-16-36-20-29(30,31)32/h10-15,19,26,33-34H,2-9,16-18,20-21H2,1H3. The minimum atomic E-state index is -4.34. The summed E-state index contributed by atoms with van der Waals surface area (Å²) in [7, 11) is -1.13. The molecule has 0 bridgehead atoms. The highest BCUT2D eigenvalue weighted by molar-refractivity contribution is 7.99. The van der Waals surface area contributed by atoms with Crippen LogP contribution in [0.25, 0.3) is 0 Å². The summed E-state index contributed by atoms with van der Waals surface area (Å²) in [5.41, 5.74) is 2.43.